The fraction of sp³-hybridized carbons (Fsp3) is 0.350. The van der Waals surface area contributed by atoms with Crippen molar-refractivity contribution in [3.8, 4) is 11.5 Å². The van der Waals surface area contributed by atoms with E-state index in [9.17, 15) is 9.90 Å². The van der Waals surface area contributed by atoms with Gasteiger partial charge in [-0.3, -0.25) is 4.79 Å². The predicted molar refractivity (Wildman–Crippen MR) is 97.4 cm³/mol. The number of hydrogen-bond donors (Lipinski definition) is 2. The lowest BCUT2D eigenvalue weighted by molar-refractivity contribution is -0.139. The van der Waals surface area contributed by atoms with Crippen LogP contribution in [0.1, 0.15) is 18.1 Å². The van der Waals surface area contributed by atoms with Crippen LogP contribution in [0.5, 0.6) is 11.5 Å². The normalized spacial score (nSPS) is 13.1. The van der Waals surface area contributed by atoms with E-state index in [-0.39, 0.29) is 6.04 Å². The third kappa shape index (κ3) is 5.50. The van der Waals surface area contributed by atoms with Crippen molar-refractivity contribution in [2.45, 2.75) is 31.8 Å². The van der Waals surface area contributed by atoms with Gasteiger partial charge < -0.3 is 19.9 Å². The Labute approximate surface area is 148 Å². The second-order valence-corrected chi connectivity index (χ2v) is 6.04. The van der Waals surface area contributed by atoms with E-state index in [1.165, 1.54) is 0 Å². The van der Waals surface area contributed by atoms with Gasteiger partial charge >= 0.3 is 5.97 Å². The van der Waals surface area contributed by atoms with Gasteiger partial charge in [-0.15, -0.1) is 0 Å². The molecule has 2 aromatic rings. The fourth-order valence-electron chi connectivity index (χ4n) is 2.83. The first-order valence-electron chi connectivity index (χ1n) is 8.27. The zero-order valence-corrected chi connectivity index (χ0v) is 14.9. The van der Waals surface area contributed by atoms with Crippen molar-refractivity contribution in [1.82, 2.24) is 5.32 Å². The van der Waals surface area contributed by atoms with E-state index in [4.69, 9.17) is 9.47 Å². The molecule has 2 N–H and O–H groups in total. The second kappa shape index (κ2) is 9.08. The van der Waals surface area contributed by atoms with Crippen LogP contribution in [0.25, 0.3) is 0 Å². The molecule has 1 unspecified atom stereocenters. The highest BCUT2D eigenvalue weighted by atomic mass is 16.5. The first kappa shape index (κ1) is 18.8. The van der Waals surface area contributed by atoms with Crippen LogP contribution in [0, 0.1) is 0 Å². The Hall–Kier alpha value is -2.53. The minimum Gasteiger partial charge on any atom is -0.493 e. The summed E-state index contributed by atoms with van der Waals surface area (Å²) in [6.07, 6.45) is 1.14. The minimum absolute atomic E-state index is 0.00270. The highest BCUT2D eigenvalue weighted by Gasteiger charge is 2.20. The van der Waals surface area contributed by atoms with Crippen molar-refractivity contribution in [1.29, 1.82) is 0 Å². The van der Waals surface area contributed by atoms with Crippen LogP contribution in [0.15, 0.2) is 48.5 Å². The molecule has 0 amide bonds. The summed E-state index contributed by atoms with van der Waals surface area (Å²) in [5.41, 5.74) is 2.06. The molecule has 0 spiro atoms. The summed E-state index contributed by atoms with van der Waals surface area (Å²) in [7, 11) is 3.20. The number of ether oxygens (including phenoxy) is 2. The van der Waals surface area contributed by atoms with Crippen molar-refractivity contribution in [2.75, 3.05) is 14.2 Å². The van der Waals surface area contributed by atoms with Crippen LogP contribution < -0.4 is 14.8 Å². The van der Waals surface area contributed by atoms with Gasteiger partial charge in [-0.2, -0.15) is 0 Å². The average Bonchev–Trinajstić information content (AvgIpc) is 2.61. The Kier molecular flexibility index (Phi) is 6.83. The number of carbonyl (C=O) groups is 1. The van der Waals surface area contributed by atoms with E-state index < -0.39 is 12.0 Å². The number of methoxy groups -OCH3 is 2. The predicted octanol–water partition coefficient (Wildman–Crippen LogP) is 2.92. The van der Waals surface area contributed by atoms with Crippen molar-refractivity contribution in [3.63, 3.8) is 0 Å². The maximum absolute atomic E-state index is 11.6. The van der Waals surface area contributed by atoms with E-state index in [0.717, 1.165) is 11.1 Å². The Morgan fingerprint density at radius 2 is 1.68 bits per heavy atom. The maximum Gasteiger partial charge on any atom is 0.321 e. The number of carboxylic acids is 1. The Morgan fingerprint density at radius 3 is 2.28 bits per heavy atom. The molecule has 2 atom stereocenters. The van der Waals surface area contributed by atoms with E-state index in [1.807, 2.05) is 55.5 Å². The Balaban J connectivity index is 2.01. The molecule has 0 bridgehead atoms. The summed E-state index contributed by atoms with van der Waals surface area (Å²) in [6, 6.07) is 14.8. The molecule has 0 saturated carbocycles. The fourth-order valence-corrected chi connectivity index (χ4v) is 2.83. The van der Waals surface area contributed by atoms with Crippen LogP contribution in [-0.4, -0.2) is 37.4 Å². The molecule has 134 valence electrons. The number of aliphatic carboxylic acids is 1. The molecule has 0 saturated heterocycles. The quantitative estimate of drug-likeness (QED) is 0.733. The zero-order valence-electron chi connectivity index (χ0n) is 14.9. The Bertz CT molecular complexity index is 687. The van der Waals surface area contributed by atoms with Gasteiger partial charge in [0.2, 0.25) is 0 Å². The van der Waals surface area contributed by atoms with Crippen LogP contribution in [-0.2, 0) is 17.6 Å². The van der Waals surface area contributed by atoms with Gasteiger partial charge in [0.05, 0.1) is 14.2 Å². The number of benzene rings is 2. The number of hydrogen-bond acceptors (Lipinski definition) is 4. The van der Waals surface area contributed by atoms with Crippen LogP contribution in [0.3, 0.4) is 0 Å². The van der Waals surface area contributed by atoms with Gasteiger partial charge in [0.25, 0.3) is 0 Å². The van der Waals surface area contributed by atoms with E-state index >= 15 is 0 Å². The van der Waals surface area contributed by atoms with Gasteiger partial charge in [-0.1, -0.05) is 36.4 Å². The lowest BCUT2D eigenvalue weighted by Gasteiger charge is -2.21. The largest absolute Gasteiger partial charge is 0.493 e. The molecular formula is C20H25NO4. The maximum atomic E-state index is 11.6. The van der Waals surface area contributed by atoms with Crippen molar-refractivity contribution >= 4 is 5.97 Å². The third-order valence-electron chi connectivity index (χ3n) is 4.06. The third-order valence-corrected chi connectivity index (χ3v) is 4.06. The van der Waals surface area contributed by atoms with Crippen molar-refractivity contribution in [3.05, 3.63) is 59.7 Å². The van der Waals surface area contributed by atoms with Gasteiger partial charge in [0.15, 0.2) is 11.5 Å². The van der Waals surface area contributed by atoms with Gasteiger partial charge in [-0.25, -0.2) is 0 Å². The Morgan fingerprint density at radius 1 is 1.00 bits per heavy atom. The number of rotatable bonds is 9. The smallest absolute Gasteiger partial charge is 0.321 e. The minimum atomic E-state index is -0.844. The summed E-state index contributed by atoms with van der Waals surface area (Å²) < 4.78 is 10.6. The molecule has 25 heavy (non-hydrogen) atoms. The molecule has 0 fully saturated rings. The second-order valence-electron chi connectivity index (χ2n) is 6.04. The molecule has 2 rings (SSSR count). The molecule has 5 nitrogen and oxygen atoms in total. The molecule has 0 aliphatic rings. The molecule has 0 aromatic heterocycles. The van der Waals surface area contributed by atoms with E-state index in [0.29, 0.717) is 24.3 Å². The summed E-state index contributed by atoms with van der Waals surface area (Å²) in [4.78, 5) is 11.6. The number of carboxylic acid groups (broad SMARTS) is 1. The van der Waals surface area contributed by atoms with Gasteiger partial charge in [0, 0.05) is 6.04 Å². The lowest BCUT2D eigenvalue weighted by atomic mass is 10.0. The highest BCUT2D eigenvalue weighted by molar-refractivity contribution is 5.74. The SMILES string of the molecule is COc1ccc(CC(C)N[C@@H](Cc2ccccc2)C(=O)O)cc1OC. The first-order chi connectivity index (χ1) is 12.0. The lowest BCUT2D eigenvalue weighted by Crippen LogP contribution is -2.44. The zero-order chi connectivity index (χ0) is 18.2. The van der Waals surface area contributed by atoms with Crippen LogP contribution >= 0.6 is 0 Å². The average molecular weight is 343 g/mol. The molecule has 0 aliphatic heterocycles. The summed E-state index contributed by atoms with van der Waals surface area (Å²) in [5.74, 6) is 0.508. The monoisotopic (exact) mass is 343 g/mol. The molecule has 0 heterocycles. The van der Waals surface area contributed by atoms with E-state index in [1.54, 1.807) is 14.2 Å². The van der Waals surface area contributed by atoms with Crippen molar-refractivity contribution in [2.24, 2.45) is 0 Å². The van der Waals surface area contributed by atoms with Gasteiger partial charge in [-0.05, 0) is 43.0 Å². The van der Waals surface area contributed by atoms with Crippen LogP contribution in [0.2, 0.25) is 0 Å². The van der Waals surface area contributed by atoms with E-state index in [2.05, 4.69) is 5.32 Å². The molecule has 5 heteroatoms. The molecule has 0 aliphatic carbocycles. The summed E-state index contributed by atoms with van der Waals surface area (Å²) >= 11 is 0. The topological polar surface area (TPSA) is 67.8 Å². The standard InChI is InChI=1S/C20H25NO4/c1-14(11-16-9-10-18(24-2)19(13-16)25-3)21-17(20(22)23)12-15-7-5-4-6-8-15/h4-10,13-14,17,21H,11-12H2,1-3H3,(H,22,23)/t14?,17-/m0/s1. The number of nitrogens with one attached hydrogen (secondary N) is 1. The molecular weight excluding hydrogens is 318 g/mol. The summed E-state index contributed by atoms with van der Waals surface area (Å²) in [5, 5.41) is 12.7. The molecule has 0 radical (unpaired) electrons. The highest BCUT2D eigenvalue weighted by Crippen LogP contribution is 2.28. The van der Waals surface area contributed by atoms with Crippen LogP contribution in [0.4, 0.5) is 0 Å². The summed E-state index contributed by atoms with van der Waals surface area (Å²) in [6.45, 7) is 1.98. The first-order valence-corrected chi connectivity index (χ1v) is 8.27. The van der Waals surface area contributed by atoms with Gasteiger partial charge in [0.1, 0.15) is 6.04 Å². The molecule has 2 aromatic carbocycles. The van der Waals surface area contributed by atoms with Crippen molar-refractivity contribution < 1.29 is 19.4 Å².